The lowest BCUT2D eigenvalue weighted by atomic mass is 9.78. The molecule has 142 valence electrons. The van der Waals surface area contributed by atoms with Crippen LogP contribution in [0.3, 0.4) is 0 Å². The standard InChI is InChI=1S/C17H14F3N3O4/c1-15-4-10(24)16(2,27-15)12-11(15)13(25)23(14(12)26)7-3-8(17(18,19)20)9(5-21)22-6-7/h3,6,10,24-26H,4H2,1-2H3/t10-,15-,16+/m1/s1. The van der Waals surface area contributed by atoms with Crippen LogP contribution in [0.2, 0.25) is 0 Å². The molecule has 0 unspecified atom stereocenters. The molecule has 3 N–H and O–H groups in total. The van der Waals surface area contributed by atoms with Crippen molar-refractivity contribution < 1.29 is 33.2 Å². The van der Waals surface area contributed by atoms with Crippen molar-refractivity contribution in [3.63, 3.8) is 0 Å². The molecule has 10 heteroatoms. The number of hydrogen-bond acceptors (Lipinski definition) is 6. The summed E-state index contributed by atoms with van der Waals surface area (Å²) in [6, 6.07) is 2.00. The summed E-state index contributed by atoms with van der Waals surface area (Å²) in [7, 11) is 0. The predicted octanol–water partition coefficient (Wildman–Crippen LogP) is 2.40. The number of aliphatic hydroxyl groups excluding tert-OH is 1. The van der Waals surface area contributed by atoms with Crippen LogP contribution in [0.4, 0.5) is 13.2 Å². The van der Waals surface area contributed by atoms with E-state index in [0.29, 0.717) is 6.07 Å². The molecule has 1 fully saturated rings. The van der Waals surface area contributed by atoms with Gasteiger partial charge in [-0.2, -0.15) is 18.4 Å². The molecule has 4 heterocycles. The summed E-state index contributed by atoms with van der Waals surface area (Å²) < 4.78 is 46.3. The predicted molar refractivity (Wildman–Crippen MR) is 83.0 cm³/mol. The van der Waals surface area contributed by atoms with E-state index in [-0.39, 0.29) is 23.2 Å². The van der Waals surface area contributed by atoms with Crippen LogP contribution in [-0.4, -0.2) is 31.0 Å². The highest BCUT2D eigenvalue weighted by Crippen LogP contribution is 2.64. The number of nitrogens with zero attached hydrogens (tertiary/aromatic N) is 3. The Bertz CT molecular complexity index is 1030. The zero-order valence-corrected chi connectivity index (χ0v) is 14.2. The Morgan fingerprint density at radius 2 is 1.93 bits per heavy atom. The van der Waals surface area contributed by atoms with Crippen molar-refractivity contribution in [1.82, 2.24) is 9.55 Å². The average Bonchev–Trinajstić information content (AvgIpc) is 3.07. The summed E-state index contributed by atoms with van der Waals surface area (Å²) in [5.74, 6) is -1.05. The second-order valence-corrected chi connectivity index (χ2v) is 7.09. The molecule has 2 aliphatic rings. The molecule has 0 aliphatic carbocycles. The van der Waals surface area contributed by atoms with E-state index in [1.54, 1.807) is 6.92 Å². The molecule has 0 aromatic carbocycles. The fraction of sp³-hybridized carbons (Fsp3) is 0.412. The molecule has 4 rings (SSSR count). The number of alkyl halides is 3. The van der Waals surface area contributed by atoms with Gasteiger partial charge in [-0.25, -0.2) is 9.55 Å². The van der Waals surface area contributed by atoms with Crippen LogP contribution < -0.4 is 0 Å². The molecule has 27 heavy (non-hydrogen) atoms. The number of pyridine rings is 1. The number of fused-ring (bicyclic) bond motifs is 5. The van der Waals surface area contributed by atoms with Gasteiger partial charge in [-0.15, -0.1) is 0 Å². The molecule has 0 amide bonds. The summed E-state index contributed by atoms with van der Waals surface area (Å²) in [6.07, 6.45) is -4.69. The molecule has 2 aromatic rings. The number of rotatable bonds is 1. The Labute approximate surface area is 150 Å². The fourth-order valence-corrected chi connectivity index (χ4v) is 4.16. The average molecular weight is 381 g/mol. The van der Waals surface area contributed by atoms with Crippen molar-refractivity contribution in [2.75, 3.05) is 0 Å². The second kappa shape index (κ2) is 4.94. The minimum Gasteiger partial charge on any atom is -0.494 e. The molecule has 2 aromatic heterocycles. The van der Waals surface area contributed by atoms with Crippen molar-refractivity contribution >= 4 is 0 Å². The quantitative estimate of drug-likeness (QED) is 0.700. The summed E-state index contributed by atoms with van der Waals surface area (Å²) >= 11 is 0. The van der Waals surface area contributed by atoms with Gasteiger partial charge in [-0.3, -0.25) is 0 Å². The monoisotopic (exact) mass is 381 g/mol. The van der Waals surface area contributed by atoms with Crippen LogP contribution in [0.1, 0.15) is 42.7 Å². The molecule has 2 aliphatic heterocycles. The number of aromatic hydroxyl groups is 2. The van der Waals surface area contributed by atoms with E-state index in [1.165, 1.54) is 13.0 Å². The van der Waals surface area contributed by atoms with E-state index in [1.807, 2.05) is 0 Å². The summed E-state index contributed by atoms with van der Waals surface area (Å²) in [6.45, 7) is 3.16. The van der Waals surface area contributed by atoms with Gasteiger partial charge in [0, 0.05) is 6.42 Å². The largest absolute Gasteiger partial charge is 0.494 e. The van der Waals surface area contributed by atoms with Crippen LogP contribution >= 0.6 is 0 Å². The Hall–Kier alpha value is -2.77. The Morgan fingerprint density at radius 3 is 2.52 bits per heavy atom. The van der Waals surface area contributed by atoms with Gasteiger partial charge in [0.2, 0.25) is 11.8 Å². The van der Waals surface area contributed by atoms with E-state index >= 15 is 0 Å². The lowest BCUT2D eigenvalue weighted by Crippen LogP contribution is -2.32. The third kappa shape index (κ3) is 2.06. The van der Waals surface area contributed by atoms with Crippen molar-refractivity contribution in [3.05, 3.63) is 34.6 Å². The van der Waals surface area contributed by atoms with E-state index in [4.69, 9.17) is 10.00 Å². The van der Waals surface area contributed by atoms with Crippen molar-refractivity contribution in [2.24, 2.45) is 0 Å². The van der Waals surface area contributed by atoms with Gasteiger partial charge in [-0.1, -0.05) is 0 Å². The highest BCUT2D eigenvalue weighted by atomic mass is 19.4. The maximum atomic E-state index is 13.2. The highest BCUT2D eigenvalue weighted by Gasteiger charge is 2.64. The Kier molecular flexibility index (Phi) is 3.22. The Balaban J connectivity index is 1.98. The normalized spacial score (nSPS) is 29.0. The summed E-state index contributed by atoms with van der Waals surface area (Å²) in [5, 5.41) is 40.5. The van der Waals surface area contributed by atoms with Crippen LogP contribution in [-0.2, 0) is 22.1 Å². The molecular formula is C17H14F3N3O4. The van der Waals surface area contributed by atoms with Gasteiger partial charge in [0.15, 0.2) is 5.69 Å². The highest BCUT2D eigenvalue weighted by molar-refractivity contribution is 5.61. The van der Waals surface area contributed by atoms with Gasteiger partial charge in [-0.05, 0) is 19.9 Å². The minimum atomic E-state index is -4.84. The van der Waals surface area contributed by atoms with Crippen LogP contribution in [0.5, 0.6) is 11.8 Å². The number of hydrogen-bond donors (Lipinski definition) is 3. The summed E-state index contributed by atoms with van der Waals surface area (Å²) in [4.78, 5) is 3.50. The molecule has 0 saturated carbocycles. The lowest BCUT2D eigenvalue weighted by molar-refractivity contribution is -0.138. The molecule has 1 saturated heterocycles. The zero-order chi connectivity index (χ0) is 19.9. The molecule has 7 nitrogen and oxygen atoms in total. The smallest absolute Gasteiger partial charge is 0.419 e. The van der Waals surface area contributed by atoms with Crippen LogP contribution in [0.25, 0.3) is 5.69 Å². The van der Waals surface area contributed by atoms with E-state index < -0.39 is 46.5 Å². The number of ether oxygens (including phenoxy) is 1. The number of nitriles is 1. The molecule has 3 atom stereocenters. The van der Waals surface area contributed by atoms with E-state index in [2.05, 4.69) is 4.98 Å². The first-order valence-electron chi connectivity index (χ1n) is 7.97. The van der Waals surface area contributed by atoms with Gasteiger partial charge in [0.25, 0.3) is 0 Å². The fourth-order valence-electron chi connectivity index (χ4n) is 4.16. The first-order valence-corrected chi connectivity index (χ1v) is 7.97. The van der Waals surface area contributed by atoms with Gasteiger partial charge in [0.1, 0.15) is 11.7 Å². The van der Waals surface area contributed by atoms with Crippen molar-refractivity contribution in [3.8, 4) is 23.5 Å². The third-order valence-electron chi connectivity index (χ3n) is 5.34. The molecular weight excluding hydrogens is 367 g/mol. The van der Waals surface area contributed by atoms with Gasteiger partial charge < -0.3 is 20.1 Å². The lowest BCUT2D eigenvalue weighted by Gasteiger charge is -2.25. The van der Waals surface area contributed by atoms with Crippen molar-refractivity contribution in [1.29, 1.82) is 5.26 Å². The minimum absolute atomic E-state index is 0.124. The second-order valence-electron chi connectivity index (χ2n) is 7.09. The number of aliphatic hydroxyl groups is 1. The molecule has 0 spiro atoms. The van der Waals surface area contributed by atoms with Crippen LogP contribution in [0, 0.1) is 11.3 Å². The molecule has 0 radical (unpaired) electrons. The van der Waals surface area contributed by atoms with Crippen LogP contribution in [0.15, 0.2) is 12.3 Å². The van der Waals surface area contributed by atoms with Gasteiger partial charge in [0.05, 0.1) is 40.3 Å². The Morgan fingerprint density at radius 1 is 1.30 bits per heavy atom. The van der Waals surface area contributed by atoms with E-state index in [9.17, 15) is 28.5 Å². The first kappa shape index (κ1) is 17.6. The maximum absolute atomic E-state index is 13.2. The topological polar surface area (TPSA) is 112 Å². The van der Waals surface area contributed by atoms with E-state index in [0.717, 1.165) is 10.8 Å². The van der Waals surface area contributed by atoms with Crippen molar-refractivity contribution in [2.45, 2.75) is 43.8 Å². The third-order valence-corrected chi connectivity index (χ3v) is 5.34. The SMILES string of the molecule is C[C@]12C[C@@H](O)[C@](C)(O1)c1c2c(O)n(-c2cnc(C#N)c(C(F)(F)F)c2)c1O. The molecule has 2 bridgehead atoms. The first-order chi connectivity index (χ1) is 12.4. The number of halogens is 3. The zero-order valence-electron chi connectivity index (χ0n) is 14.2. The maximum Gasteiger partial charge on any atom is 0.419 e. The van der Waals surface area contributed by atoms with Gasteiger partial charge >= 0.3 is 6.18 Å². The summed E-state index contributed by atoms with van der Waals surface area (Å²) in [5.41, 5.74) is -4.43. The number of aromatic nitrogens is 2.